The number of furan rings is 1. The number of rotatable bonds is 8. The average Bonchev–Trinajstić information content (AvgIpc) is 3.27. The molecule has 0 atom stereocenters. The van der Waals surface area contributed by atoms with Crippen molar-refractivity contribution in [3.63, 3.8) is 0 Å². The van der Waals surface area contributed by atoms with Gasteiger partial charge in [-0.25, -0.2) is 0 Å². The van der Waals surface area contributed by atoms with Crippen molar-refractivity contribution >= 4 is 17.9 Å². The molecule has 0 N–H and O–H groups in total. The Morgan fingerprint density at radius 2 is 1.94 bits per heavy atom. The fourth-order valence-corrected chi connectivity index (χ4v) is 3.26. The molecule has 0 radical (unpaired) electrons. The highest BCUT2D eigenvalue weighted by molar-refractivity contribution is 6.19. The summed E-state index contributed by atoms with van der Waals surface area (Å²) in [5.74, 6) is 0.889. The zero-order valence-electron chi connectivity index (χ0n) is 18.7. The highest BCUT2D eigenvalue weighted by Crippen LogP contribution is 2.32. The van der Waals surface area contributed by atoms with E-state index in [-0.39, 0.29) is 17.7 Å². The molecule has 1 aliphatic rings. The maximum Gasteiger partial charge on any atom is 0.272 e. The molecule has 0 saturated carbocycles. The molecule has 32 heavy (non-hydrogen) atoms. The summed E-state index contributed by atoms with van der Waals surface area (Å²) >= 11 is 0. The summed E-state index contributed by atoms with van der Waals surface area (Å²) in [5, 5.41) is 9.55. The minimum absolute atomic E-state index is 0.0490. The first kappa shape index (κ1) is 22.9. The van der Waals surface area contributed by atoms with Crippen LogP contribution in [0, 0.1) is 17.2 Å². The lowest BCUT2D eigenvalue weighted by Crippen LogP contribution is -2.42. The fourth-order valence-electron chi connectivity index (χ4n) is 3.26. The predicted molar refractivity (Wildman–Crippen MR) is 118 cm³/mol. The first-order valence-corrected chi connectivity index (χ1v) is 10.5. The lowest BCUT2D eigenvalue weighted by atomic mass is 9.93. The third kappa shape index (κ3) is 4.92. The summed E-state index contributed by atoms with van der Waals surface area (Å²) in [6.07, 6.45) is 3.13. The molecule has 7 nitrogen and oxygen atoms in total. The van der Waals surface area contributed by atoms with Gasteiger partial charge in [-0.15, -0.1) is 0 Å². The Morgan fingerprint density at radius 3 is 2.56 bits per heavy atom. The van der Waals surface area contributed by atoms with Crippen molar-refractivity contribution in [1.82, 2.24) is 4.90 Å². The molecule has 0 bridgehead atoms. The van der Waals surface area contributed by atoms with Crippen molar-refractivity contribution in [1.29, 1.82) is 5.26 Å². The van der Waals surface area contributed by atoms with Gasteiger partial charge in [0.2, 0.25) is 0 Å². The molecule has 0 fully saturated rings. The van der Waals surface area contributed by atoms with Crippen LogP contribution >= 0.6 is 0 Å². The van der Waals surface area contributed by atoms with E-state index >= 15 is 0 Å². The standard InChI is InChI=1S/C25H26N2O5/c1-5-30-23-12-18(8-9-22(23)32-15-16(2)3)11-20-17(4)21(13-26)25(29)27(24(20)28)14-19-7-6-10-31-19/h6-12,16H,5,14-15H2,1-4H3/b20-11+. The number of hydrogen-bond acceptors (Lipinski definition) is 6. The zero-order chi connectivity index (χ0) is 23.3. The Hall–Kier alpha value is -3.79. The number of carbonyl (C=O) groups is 2. The van der Waals surface area contributed by atoms with Gasteiger partial charge in [0.25, 0.3) is 11.8 Å². The quantitative estimate of drug-likeness (QED) is 0.448. The average molecular weight is 434 g/mol. The second kappa shape index (κ2) is 10.0. The van der Waals surface area contributed by atoms with E-state index in [4.69, 9.17) is 13.9 Å². The van der Waals surface area contributed by atoms with Gasteiger partial charge in [0.15, 0.2) is 11.5 Å². The van der Waals surface area contributed by atoms with Crippen molar-refractivity contribution in [3.8, 4) is 17.6 Å². The molecule has 1 aromatic carbocycles. The first-order chi connectivity index (χ1) is 15.3. The van der Waals surface area contributed by atoms with Crippen molar-refractivity contribution in [2.24, 2.45) is 5.92 Å². The molecule has 166 valence electrons. The van der Waals surface area contributed by atoms with Gasteiger partial charge in [-0.2, -0.15) is 5.26 Å². The molecule has 1 aliphatic heterocycles. The maximum atomic E-state index is 13.2. The largest absolute Gasteiger partial charge is 0.490 e. The molecular formula is C25H26N2O5. The molecule has 2 aromatic rings. The van der Waals surface area contributed by atoms with Gasteiger partial charge < -0.3 is 13.9 Å². The van der Waals surface area contributed by atoms with Crippen LogP contribution in [0.5, 0.6) is 11.5 Å². The zero-order valence-corrected chi connectivity index (χ0v) is 18.7. The van der Waals surface area contributed by atoms with Gasteiger partial charge in [-0.1, -0.05) is 19.9 Å². The highest BCUT2D eigenvalue weighted by Gasteiger charge is 2.36. The smallest absolute Gasteiger partial charge is 0.272 e. The van der Waals surface area contributed by atoms with Gasteiger partial charge in [-0.05, 0) is 61.2 Å². The van der Waals surface area contributed by atoms with E-state index in [1.807, 2.05) is 19.1 Å². The van der Waals surface area contributed by atoms with Crippen LogP contribution in [0.3, 0.4) is 0 Å². The van der Waals surface area contributed by atoms with E-state index in [9.17, 15) is 14.9 Å². The minimum atomic E-state index is -0.629. The molecule has 3 rings (SSSR count). The molecule has 0 unspecified atom stereocenters. The molecule has 2 amide bonds. The lowest BCUT2D eigenvalue weighted by molar-refractivity contribution is -0.141. The van der Waals surface area contributed by atoms with E-state index in [2.05, 4.69) is 13.8 Å². The fraction of sp³-hybridized carbons (Fsp3) is 0.320. The van der Waals surface area contributed by atoms with Crippen molar-refractivity contribution in [2.45, 2.75) is 34.2 Å². The van der Waals surface area contributed by atoms with Gasteiger partial charge in [0.1, 0.15) is 17.4 Å². The number of carbonyl (C=O) groups excluding carboxylic acids is 2. The predicted octanol–water partition coefficient (Wildman–Crippen LogP) is 4.51. The number of imide groups is 1. The number of nitriles is 1. The van der Waals surface area contributed by atoms with Crippen molar-refractivity contribution in [3.05, 3.63) is 64.6 Å². The van der Waals surface area contributed by atoms with Gasteiger partial charge in [-0.3, -0.25) is 14.5 Å². The Labute approximate surface area is 187 Å². The molecule has 0 spiro atoms. The van der Waals surface area contributed by atoms with Crippen LogP contribution < -0.4 is 9.47 Å². The number of amides is 2. The van der Waals surface area contributed by atoms with Gasteiger partial charge >= 0.3 is 0 Å². The summed E-state index contributed by atoms with van der Waals surface area (Å²) in [7, 11) is 0. The van der Waals surface area contributed by atoms with Crippen LogP contribution in [0.1, 0.15) is 39.0 Å². The summed E-state index contributed by atoms with van der Waals surface area (Å²) in [4.78, 5) is 26.9. The summed E-state index contributed by atoms with van der Waals surface area (Å²) in [6, 6.07) is 10.7. The maximum absolute atomic E-state index is 13.2. The SMILES string of the molecule is CCOc1cc(/C=C2/C(=O)N(Cc3ccco3)C(=O)C(C#N)=C2C)ccc1OCC(C)C. The minimum Gasteiger partial charge on any atom is -0.490 e. The van der Waals surface area contributed by atoms with Crippen LogP contribution in [0.15, 0.2) is 57.7 Å². The van der Waals surface area contributed by atoms with E-state index in [0.29, 0.717) is 47.5 Å². The van der Waals surface area contributed by atoms with Crippen LogP contribution in [0.25, 0.3) is 6.08 Å². The monoisotopic (exact) mass is 434 g/mol. The molecule has 0 aliphatic carbocycles. The first-order valence-electron chi connectivity index (χ1n) is 10.5. The molecular weight excluding hydrogens is 408 g/mol. The van der Waals surface area contributed by atoms with Crippen molar-refractivity contribution in [2.75, 3.05) is 13.2 Å². The second-order valence-corrected chi connectivity index (χ2v) is 7.79. The third-order valence-electron chi connectivity index (χ3n) is 4.87. The number of ether oxygens (including phenoxy) is 2. The normalized spacial score (nSPS) is 15.5. The lowest BCUT2D eigenvalue weighted by Gasteiger charge is -2.26. The number of benzene rings is 1. The van der Waals surface area contributed by atoms with E-state index in [1.54, 1.807) is 37.3 Å². The van der Waals surface area contributed by atoms with Crippen LogP contribution in [0.2, 0.25) is 0 Å². The third-order valence-corrected chi connectivity index (χ3v) is 4.87. The second-order valence-electron chi connectivity index (χ2n) is 7.79. The Kier molecular flexibility index (Phi) is 7.16. The molecule has 0 saturated heterocycles. The van der Waals surface area contributed by atoms with E-state index in [1.165, 1.54) is 6.26 Å². The van der Waals surface area contributed by atoms with Gasteiger partial charge in [0, 0.05) is 5.57 Å². The Bertz CT molecular complexity index is 1100. The topological polar surface area (TPSA) is 92.8 Å². The molecule has 7 heteroatoms. The Morgan fingerprint density at radius 1 is 1.16 bits per heavy atom. The molecule has 1 aromatic heterocycles. The van der Waals surface area contributed by atoms with E-state index < -0.39 is 11.8 Å². The van der Waals surface area contributed by atoms with E-state index in [0.717, 1.165) is 4.90 Å². The summed E-state index contributed by atoms with van der Waals surface area (Å²) in [5.41, 5.74) is 1.24. The number of hydrogen-bond donors (Lipinski definition) is 0. The van der Waals surface area contributed by atoms with Gasteiger partial charge in [0.05, 0.1) is 26.0 Å². The highest BCUT2D eigenvalue weighted by atomic mass is 16.5. The molecule has 2 heterocycles. The van der Waals surface area contributed by atoms with Crippen LogP contribution in [0.4, 0.5) is 0 Å². The summed E-state index contributed by atoms with van der Waals surface area (Å²) in [6.45, 7) is 8.57. The van der Waals surface area contributed by atoms with Crippen molar-refractivity contribution < 1.29 is 23.5 Å². The van der Waals surface area contributed by atoms with Crippen LogP contribution in [-0.4, -0.2) is 29.9 Å². The number of nitrogens with zero attached hydrogens (tertiary/aromatic N) is 2. The van der Waals surface area contributed by atoms with Crippen LogP contribution in [-0.2, 0) is 16.1 Å². The Balaban J connectivity index is 2.00. The summed E-state index contributed by atoms with van der Waals surface area (Å²) < 4.78 is 16.8.